The summed E-state index contributed by atoms with van der Waals surface area (Å²) in [6.45, 7) is 5.59. The van der Waals surface area contributed by atoms with Crippen molar-refractivity contribution in [2.75, 3.05) is 14.2 Å². The van der Waals surface area contributed by atoms with Crippen molar-refractivity contribution in [3.05, 3.63) is 0 Å². The van der Waals surface area contributed by atoms with Gasteiger partial charge in [0.15, 0.2) is 5.92 Å². The highest BCUT2D eigenvalue weighted by molar-refractivity contribution is 5.95. The van der Waals surface area contributed by atoms with E-state index in [0.717, 1.165) is 0 Å². The van der Waals surface area contributed by atoms with Gasteiger partial charge in [-0.2, -0.15) is 0 Å². The highest BCUT2D eigenvalue weighted by Gasteiger charge is 2.41. The van der Waals surface area contributed by atoms with E-state index in [1.54, 1.807) is 0 Å². The molecule has 0 saturated heterocycles. The van der Waals surface area contributed by atoms with Crippen molar-refractivity contribution in [3.63, 3.8) is 0 Å². The molecule has 0 aromatic rings. The van der Waals surface area contributed by atoms with E-state index in [9.17, 15) is 9.59 Å². The van der Waals surface area contributed by atoms with Crippen LogP contribution in [0.5, 0.6) is 0 Å². The average molecular weight is 202 g/mol. The van der Waals surface area contributed by atoms with E-state index in [4.69, 9.17) is 0 Å². The molecule has 0 aromatic heterocycles. The molecule has 82 valence electrons. The fourth-order valence-corrected chi connectivity index (χ4v) is 1.17. The van der Waals surface area contributed by atoms with Crippen molar-refractivity contribution in [1.82, 2.24) is 0 Å². The Kier molecular flexibility index (Phi) is 4.60. The van der Waals surface area contributed by atoms with Crippen molar-refractivity contribution in [3.8, 4) is 0 Å². The van der Waals surface area contributed by atoms with Crippen LogP contribution in [0.1, 0.15) is 27.2 Å². The number of rotatable bonds is 4. The molecule has 0 aromatic carbocycles. The standard InChI is InChI=1S/C10H18O4/c1-6-10(2,3)7(8(11)13-4)9(12)14-5/h7H,6H2,1-5H3. The van der Waals surface area contributed by atoms with Crippen LogP contribution in [0.15, 0.2) is 0 Å². The maximum Gasteiger partial charge on any atom is 0.320 e. The van der Waals surface area contributed by atoms with Crippen LogP contribution in [0, 0.1) is 11.3 Å². The molecule has 4 heteroatoms. The number of ether oxygens (including phenoxy) is 2. The summed E-state index contributed by atoms with van der Waals surface area (Å²) in [6, 6.07) is 0. The van der Waals surface area contributed by atoms with Gasteiger partial charge in [-0.25, -0.2) is 0 Å². The lowest BCUT2D eigenvalue weighted by Crippen LogP contribution is -2.38. The van der Waals surface area contributed by atoms with Crippen LogP contribution in [0.3, 0.4) is 0 Å². The minimum absolute atomic E-state index is 0.444. The quantitative estimate of drug-likeness (QED) is 0.510. The molecule has 14 heavy (non-hydrogen) atoms. The van der Waals surface area contributed by atoms with Gasteiger partial charge in [0.25, 0.3) is 0 Å². The first kappa shape index (κ1) is 12.9. The summed E-state index contributed by atoms with van der Waals surface area (Å²) in [5.74, 6) is -1.92. The predicted octanol–water partition coefficient (Wildman–Crippen LogP) is 1.38. The molecule has 0 bridgehead atoms. The van der Waals surface area contributed by atoms with Crippen molar-refractivity contribution in [2.24, 2.45) is 11.3 Å². The molecule has 0 aliphatic carbocycles. The van der Waals surface area contributed by atoms with Crippen LogP contribution in [0.4, 0.5) is 0 Å². The second-order valence-corrected chi connectivity index (χ2v) is 3.82. The highest BCUT2D eigenvalue weighted by atomic mass is 16.5. The largest absolute Gasteiger partial charge is 0.468 e. The summed E-state index contributed by atoms with van der Waals surface area (Å²) in [6.07, 6.45) is 0.696. The maximum absolute atomic E-state index is 11.4. The van der Waals surface area contributed by atoms with E-state index in [-0.39, 0.29) is 0 Å². The first-order chi connectivity index (χ1) is 6.40. The van der Waals surface area contributed by atoms with Gasteiger partial charge in [0.2, 0.25) is 0 Å². The van der Waals surface area contributed by atoms with Crippen molar-refractivity contribution in [1.29, 1.82) is 0 Å². The molecule has 0 fully saturated rings. The van der Waals surface area contributed by atoms with Gasteiger partial charge >= 0.3 is 11.9 Å². The van der Waals surface area contributed by atoms with Gasteiger partial charge in [-0.05, 0) is 11.8 Å². The Morgan fingerprint density at radius 1 is 1.14 bits per heavy atom. The third-order valence-corrected chi connectivity index (χ3v) is 2.57. The van der Waals surface area contributed by atoms with Crippen molar-refractivity contribution < 1.29 is 19.1 Å². The zero-order valence-corrected chi connectivity index (χ0v) is 9.42. The highest BCUT2D eigenvalue weighted by Crippen LogP contribution is 2.32. The van der Waals surface area contributed by atoms with Gasteiger partial charge in [-0.1, -0.05) is 20.8 Å². The van der Waals surface area contributed by atoms with E-state index < -0.39 is 23.3 Å². The molecule has 0 radical (unpaired) electrons. The number of esters is 2. The monoisotopic (exact) mass is 202 g/mol. The Hall–Kier alpha value is -1.06. The van der Waals surface area contributed by atoms with E-state index >= 15 is 0 Å². The van der Waals surface area contributed by atoms with Crippen LogP contribution < -0.4 is 0 Å². The Bertz CT molecular complexity index is 204. The van der Waals surface area contributed by atoms with Crippen molar-refractivity contribution in [2.45, 2.75) is 27.2 Å². The Morgan fingerprint density at radius 3 is 1.71 bits per heavy atom. The second-order valence-electron chi connectivity index (χ2n) is 3.82. The number of carbonyl (C=O) groups excluding carboxylic acids is 2. The SMILES string of the molecule is CCC(C)(C)C(C(=O)OC)C(=O)OC. The lowest BCUT2D eigenvalue weighted by atomic mass is 9.76. The molecule has 0 N–H and O–H groups in total. The van der Waals surface area contributed by atoms with Gasteiger partial charge in [-0.15, -0.1) is 0 Å². The Morgan fingerprint density at radius 2 is 1.50 bits per heavy atom. The Balaban J connectivity index is 4.90. The molecular weight excluding hydrogens is 184 g/mol. The normalized spacial score (nSPS) is 11.3. The summed E-state index contributed by atoms with van der Waals surface area (Å²) in [4.78, 5) is 22.8. The summed E-state index contributed by atoms with van der Waals surface area (Å²) in [7, 11) is 2.54. The third-order valence-electron chi connectivity index (χ3n) is 2.57. The van der Waals surface area contributed by atoms with E-state index in [1.165, 1.54) is 14.2 Å². The lowest BCUT2D eigenvalue weighted by Gasteiger charge is -2.28. The maximum atomic E-state index is 11.4. The molecule has 0 amide bonds. The topological polar surface area (TPSA) is 52.6 Å². The second kappa shape index (κ2) is 4.98. The van der Waals surface area contributed by atoms with Gasteiger partial charge in [0, 0.05) is 0 Å². The minimum atomic E-state index is -0.845. The molecule has 4 nitrogen and oxygen atoms in total. The molecule has 0 spiro atoms. The van der Waals surface area contributed by atoms with Gasteiger partial charge in [0.1, 0.15) is 0 Å². The van der Waals surface area contributed by atoms with Crippen LogP contribution in [0.2, 0.25) is 0 Å². The van der Waals surface area contributed by atoms with E-state index in [1.807, 2.05) is 20.8 Å². The van der Waals surface area contributed by atoms with E-state index in [0.29, 0.717) is 6.42 Å². The summed E-state index contributed by atoms with van der Waals surface area (Å²) in [5.41, 5.74) is -0.444. The number of methoxy groups -OCH3 is 2. The smallest absolute Gasteiger partial charge is 0.320 e. The first-order valence-electron chi connectivity index (χ1n) is 4.56. The third kappa shape index (κ3) is 2.72. The summed E-state index contributed by atoms with van der Waals surface area (Å²) >= 11 is 0. The molecular formula is C10H18O4. The van der Waals surface area contributed by atoms with Crippen LogP contribution in [-0.4, -0.2) is 26.2 Å². The lowest BCUT2D eigenvalue weighted by molar-refractivity contribution is -0.164. The van der Waals surface area contributed by atoms with Gasteiger partial charge in [0.05, 0.1) is 14.2 Å². The number of carbonyl (C=O) groups is 2. The fourth-order valence-electron chi connectivity index (χ4n) is 1.17. The summed E-state index contributed by atoms with van der Waals surface area (Å²) in [5, 5.41) is 0. The molecule has 0 unspecified atom stereocenters. The number of hydrogen-bond acceptors (Lipinski definition) is 4. The number of hydrogen-bond donors (Lipinski definition) is 0. The molecule has 0 saturated carbocycles. The fraction of sp³-hybridized carbons (Fsp3) is 0.800. The predicted molar refractivity (Wildman–Crippen MR) is 51.6 cm³/mol. The molecule has 0 rings (SSSR count). The molecule has 0 aliphatic heterocycles. The summed E-state index contributed by atoms with van der Waals surface area (Å²) < 4.78 is 9.17. The molecule has 0 aliphatic rings. The first-order valence-corrected chi connectivity index (χ1v) is 4.56. The molecule has 0 heterocycles. The Labute approximate surface area is 84.6 Å². The van der Waals surface area contributed by atoms with Gasteiger partial charge < -0.3 is 9.47 Å². The zero-order valence-electron chi connectivity index (χ0n) is 9.42. The zero-order chi connectivity index (χ0) is 11.4. The minimum Gasteiger partial charge on any atom is -0.468 e. The average Bonchev–Trinajstić information content (AvgIpc) is 2.17. The van der Waals surface area contributed by atoms with E-state index in [2.05, 4.69) is 9.47 Å². The van der Waals surface area contributed by atoms with Crippen LogP contribution in [0.25, 0.3) is 0 Å². The van der Waals surface area contributed by atoms with Crippen LogP contribution in [-0.2, 0) is 19.1 Å². The van der Waals surface area contributed by atoms with Gasteiger partial charge in [-0.3, -0.25) is 9.59 Å². The van der Waals surface area contributed by atoms with Crippen LogP contribution >= 0.6 is 0 Å². The molecule has 0 atom stereocenters. The van der Waals surface area contributed by atoms with Crippen molar-refractivity contribution >= 4 is 11.9 Å².